The van der Waals surface area contributed by atoms with Gasteiger partial charge in [-0.25, -0.2) is 0 Å². The number of amides is 1. The van der Waals surface area contributed by atoms with Crippen molar-refractivity contribution < 1.29 is 4.79 Å². The molecule has 1 aliphatic rings. The topological polar surface area (TPSA) is 58.4 Å². The smallest absolute Gasteiger partial charge is 0.251 e. The second kappa shape index (κ2) is 5.83. The van der Waals surface area contributed by atoms with Gasteiger partial charge in [0.1, 0.15) is 0 Å². The van der Waals surface area contributed by atoms with Gasteiger partial charge in [-0.1, -0.05) is 12.8 Å². The predicted molar refractivity (Wildman–Crippen MR) is 82.8 cm³/mol. The van der Waals surface area contributed by atoms with Gasteiger partial charge in [-0.05, 0) is 57.6 Å². The first-order valence-electron chi connectivity index (χ1n) is 7.26. The Morgan fingerprint density at radius 2 is 1.95 bits per heavy atom. The van der Waals surface area contributed by atoms with Crippen molar-refractivity contribution in [2.75, 3.05) is 26.4 Å². The van der Waals surface area contributed by atoms with Crippen LogP contribution < -0.4 is 11.1 Å². The molecule has 0 unspecified atom stereocenters. The number of nitrogens with zero attached hydrogens (tertiary/aromatic N) is 1. The third kappa shape index (κ3) is 3.12. The van der Waals surface area contributed by atoms with Crippen LogP contribution in [0.3, 0.4) is 0 Å². The number of benzene rings is 1. The molecular formula is C16H25N3O. The van der Waals surface area contributed by atoms with Gasteiger partial charge in [0.05, 0.1) is 0 Å². The van der Waals surface area contributed by atoms with Gasteiger partial charge in [-0.2, -0.15) is 0 Å². The van der Waals surface area contributed by atoms with Crippen LogP contribution in [0.4, 0.5) is 5.69 Å². The van der Waals surface area contributed by atoms with E-state index in [-0.39, 0.29) is 11.4 Å². The summed E-state index contributed by atoms with van der Waals surface area (Å²) >= 11 is 0. The molecule has 0 radical (unpaired) electrons. The maximum absolute atomic E-state index is 12.3. The summed E-state index contributed by atoms with van der Waals surface area (Å²) in [4.78, 5) is 14.5. The second-order valence-electron chi connectivity index (χ2n) is 6.14. The van der Waals surface area contributed by atoms with Crippen LogP contribution in [0, 0.1) is 6.92 Å². The first-order valence-corrected chi connectivity index (χ1v) is 7.26. The molecule has 0 aromatic heterocycles. The first-order chi connectivity index (χ1) is 9.43. The highest BCUT2D eigenvalue weighted by Gasteiger charge is 2.36. The average Bonchev–Trinajstić information content (AvgIpc) is 2.84. The van der Waals surface area contributed by atoms with Crippen molar-refractivity contribution in [2.24, 2.45) is 0 Å². The normalized spacial score (nSPS) is 17.4. The highest BCUT2D eigenvalue weighted by molar-refractivity contribution is 5.95. The second-order valence-corrected chi connectivity index (χ2v) is 6.14. The molecule has 1 aromatic carbocycles. The van der Waals surface area contributed by atoms with Crippen molar-refractivity contribution >= 4 is 11.6 Å². The molecule has 0 atom stereocenters. The molecule has 1 fully saturated rings. The fourth-order valence-electron chi connectivity index (χ4n) is 3.11. The fourth-order valence-corrected chi connectivity index (χ4v) is 3.11. The van der Waals surface area contributed by atoms with Crippen molar-refractivity contribution in [1.29, 1.82) is 0 Å². The van der Waals surface area contributed by atoms with Gasteiger partial charge in [0.15, 0.2) is 0 Å². The largest absolute Gasteiger partial charge is 0.399 e. The Balaban J connectivity index is 2.04. The number of hydrogen-bond acceptors (Lipinski definition) is 3. The number of likely N-dealkylation sites (N-methyl/N-ethyl adjacent to an activating group) is 1. The molecule has 1 aromatic rings. The Kier molecular flexibility index (Phi) is 4.33. The molecule has 0 bridgehead atoms. The maximum Gasteiger partial charge on any atom is 0.251 e. The summed E-state index contributed by atoms with van der Waals surface area (Å²) in [5.41, 5.74) is 8.21. The number of aryl methyl sites for hydroxylation is 1. The van der Waals surface area contributed by atoms with Crippen molar-refractivity contribution in [3.8, 4) is 0 Å². The third-order valence-corrected chi connectivity index (χ3v) is 4.42. The monoisotopic (exact) mass is 275 g/mol. The minimum Gasteiger partial charge on any atom is -0.399 e. The number of carbonyl (C=O) groups is 1. The van der Waals surface area contributed by atoms with E-state index in [0.29, 0.717) is 17.8 Å². The van der Waals surface area contributed by atoms with Crippen LogP contribution in [-0.2, 0) is 0 Å². The van der Waals surface area contributed by atoms with E-state index in [1.54, 1.807) is 6.07 Å². The SMILES string of the molecule is Cc1cc(N)cc(C(=O)NCC2(N(C)C)CCCC2)c1. The zero-order chi connectivity index (χ0) is 14.8. The molecule has 0 spiro atoms. The number of nitrogens with one attached hydrogen (secondary N) is 1. The standard InChI is InChI=1S/C16H25N3O/c1-12-8-13(10-14(17)9-12)15(20)18-11-16(19(2)3)6-4-5-7-16/h8-10H,4-7,11,17H2,1-3H3,(H,18,20). The third-order valence-electron chi connectivity index (χ3n) is 4.42. The Morgan fingerprint density at radius 3 is 2.50 bits per heavy atom. The molecule has 1 aliphatic carbocycles. The molecule has 3 N–H and O–H groups in total. The van der Waals surface area contributed by atoms with Crippen molar-refractivity contribution in [3.05, 3.63) is 29.3 Å². The van der Waals surface area contributed by atoms with Crippen molar-refractivity contribution in [1.82, 2.24) is 10.2 Å². The number of nitrogen functional groups attached to an aromatic ring is 1. The van der Waals surface area contributed by atoms with Crippen LogP contribution in [0.15, 0.2) is 18.2 Å². The van der Waals surface area contributed by atoms with Gasteiger partial charge >= 0.3 is 0 Å². The summed E-state index contributed by atoms with van der Waals surface area (Å²) < 4.78 is 0. The molecule has 0 saturated heterocycles. The molecule has 0 aliphatic heterocycles. The van der Waals surface area contributed by atoms with Gasteiger partial charge in [-0.3, -0.25) is 4.79 Å². The lowest BCUT2D eigenvalue weighted by atomic mass is 9.96. The number of rotatable bonds is 4. The predicted octanol–water partition coefficient (Wildman–Crippen LogP) is 2.18. The van der Waals surface area contributed by atoms with Gasteiger partial charge in [0.2, 0.25) is 0 Å². The van der Waals surface area contributed by atoms with E-state index < -0.39 is 0 Å². The summed E-state index contributed by atoms with van der Waals surface area (Å²) in [6.45, 7) is 2.65. The molecule has 4 heteroatoms. The van der Waals surface area contributed by atoms with E-state index in [0.717, 1.165) is 18.4 Å². The van der Waals surface area contributed by atoms with Gasteiger partial charge in [0, 0.05) is 23.3 Å². The van der Waals surface area contributed by atoms with E-state index >= 15 is 0 Å². The molecule has 0 heterocycles. The summed E-state index contributed by atoms with van der Waals surface area (Å²) in [6, 6.07) is 5.48. The molecular weight excluding hydrogens is 250 g/mol. The minimum atomic E-state index is -0.0338. The van der Waals surface area contributed by atoms with E-state index in [2.05, 4.69) is 24.3 Å². The van der Waals surface area contributed by atoms with E-state index in [1.165, 1.54) is 12.8 Å². The molecule has 1 saturated carbocycles. The fraction of sp³-hybridized carbons (Fsp3) is 0.562. The van der Waals surface area contributed by atoms with Crippen LogP contribution in [0.1, 0.15) is 41.6 Å². The zero-order valence-electron chi connectivity index (χ0n) is 12.7. The lowest BCUT2D eigenvalue weighted by Gasteiger charge is -2.36. The number of carbonyl (C=O) groups excluding carboxylic acids is 1. The first kappa shape index (κ1) is 14.9. The van der Waals surface area contributed by atoms with Gasteiger partial charge in [0.25, 0.3) is 5.91 Å². The number of hydrogen-bond donors (Lipinski definition) is 2. The van der Waals surface area contributed by atoms with Crippen LogP contribution in [0.2, 0.25) is 0 Å². The molecule has 20 heavy (non-hydrogen) atoms. The molecule has 1 amide bonds. The van der Waals surface area contributed by atoms with Crippen molar-refractivity contribution in [3.63, 3.8) is 0 Å². The van der Waals surface area contributed by atoms with E-state index in [9.17, 15) is 4.79 Å². The number of anilines is 1. The summed E-state index contributed by atoms with van der Waals surface area (Å²) in [5.74, 6) is -0.0338. The van der Waals surface area contributed by atoms with Crippen LogP contribution in [0.25, 0.3) is 0 Å². The Hall–Kier alpha value is -1.55. The Bertz CT molecular complexity index is 470. The Labute approximate surface area is 121 Å². The Morgan fingerprint density at radius 1 is 1.30 bits per heavy atom. The van der Waals surface area contributed by atoms with Crippen molar-refractivity contribution in [2.45, 2.75) is 38.1 Å². The summed E-state index contributed by atoms with van der Waals surface area (Å²) in [5, 5.41) is 3.08. The number of nitrogens with two attached hydrogens (primary N) is 1. The zero-order valence-corrected chi connectivity index (χ0v) is 12.7. The van der Waals surface area contributed by atoms with Gasteiger partial charge in [-0.15, -0.1) is 0 Å². The van der Waals surface area contributed by atoms with Crippen LogP contribution in [0.5, 0.6) is 0 Å². The summed E-state index contributed by atoms with van der Waals surface area (Å²) in [6.07, 6.45) is 4.78. The van der Waals surface area contributed by atoms with E-state index in [4.69, 9.17) is 5.73 Å². The quantitative estimate of drug-likeness (QED) is 0.828. The molecule has 2 rings (SSSR count). The molecule has 110 valence electrons. The lowest BCUT2D eigenvalue weighted by molar-refractivity contribution is 0.0900. The van der Waals surface area contributed by atoms with Crippen LogP contribution in [-0.4, -0.2) is 37.0 Å². The summed E-state index contributed by atoms with van der Waals surface area (Å²) in [7, 11) is 4.20. The lowest BCUT2D eigenvalue weighted by Crippen LogP contribution is -2.50. The minimum absolute atomic E-state index is 0.0338. The highest BCUT2D eigenvalue weighted by atomic mass is 16.1. The maximum atomic E-state index is 12.3. The van der Waals surface area contributed by atoms with Gasteiger partial charge < -0.3 is 16.0 Å². The van der Waals surface area contributed by atoms with Crippen LogP contribution >= 0.6 is 0 Å². The average molecular weight is 275 g/mol. The molecule has 4 nitrogen and oxygen atoms in total. The highest BCUT2D eigenvalue weighted by Crippen LogP contribution is 2.33. The van der Waals surface area contributed by atoms with E-state index in [1.807, 2.05) is 19.1 Å².